The normalized spacial score (nSPS) is 18.8. The Labute approximate surface area is 174 Å². The van der Waals surface area contributed by atoms with E-state index in [0.29, 0.717) is 11.4 Å². The number of hydrogen-bond donors (Lipinski definition) is 3. The first-order chi connectivity index (χ1) is 14.2. The minimum atomic E-state index is -0.351. The zero-order valence-corrected chi connectivity index (χ0v) is 16.4. The molecule has 3 N–H and O–H groups in total. The monoisotopic (exact) mass is 404 g/mol. The predicted molar refractivity (Wildman–Crippen MR) is 116 cm³/mol. The molecule has 0 radical (unpaired) electrons. The van der Waals surface area contributed by atoms with E-state index in [1.165, 1.54) is 11.1 Å². The van der Waals surface area contributed by atoms with E-state index in [9.17, 15) is 4.79 Å². The van der Waals surface area contributed by atoms with E-state index in [0.717, 1.165) is 11.1 Å². The summed E-state index contributed by atoms with van der Waals surface area (Å²) in [6, 6.07) is 25.6. The second kappa shape index (κ2) is 9.01. The molecule has 29 heavy (non-hydrogen) atoms. The molecule has 4 rings (SSSR count). The van der Waals surface area contributed by atoms with E-state index in [1.54, 1.807) is 18.3 Å². The molecule has 1 aliphatic rings. The fourth-order valence-electron chi connectivity index (χ4n) is 3.28. The van der Waals surface area contributed by atoms with Crippen molar-refractivity contribution in [1.29, 1.82) is 0 Å². The van der Waals surface area contributed by atoms with Gasteiger partial charge in [-0.15, -0.1) is 0 Å². The summed E-state index contributed by atoms with van der Waals surface area (Å²) in [6.45, 7) is 0. The molecule has 146 valence electrons. The SMILES string of the molecule is O=C(N/N=C/c1ccc(Cl)cc1)C1CC(c2ccc(-c3ccccc3)cc2)NN1. The van der Waals surface area contributed by atoms with Crippen LogP contribution in [-0.4, -0.2) is 18.2 Å². The predicted octanol–water partition coefficient (Wildman–Crippen LogP) is 4.06. The molecule has 1 amide bonds. The van der Waals surface area contributed by atoms with Gasteiger partial charge < -0.3 is 0 Å². The summed E-state index contributed by atoms with van der Waals surface area (Å²) < 4.78 is 0. The number of carbonyl (C=O) groups is 1. The van der Waals surface area contributed by atoms with Crippen LogP contribution in [-0.2, 0) is 4.79 Å². The Kier molecular flexibility index (Phi) is 6.00. The number of nitrogens with zero attached hydrogens (tertiary/aromatic N) is 1. The van der Waals surface area contributed by atoms with E-state index in [2.05, 4.69) is 57.8 Å². The quantitative estimate of drug-likeness (QED) is 0.443. The van der Waals surface area contributed by atoms with Gasteiger partial charge in [0.15, 0.2) is 0 Å². The molecule has 0 bridgehead atoms. The van der Waals surface area contributed by atoms with E-state index in [1.807, 2.05) is 30.3 Å². The van der Waals surface area contributed by atoms with Gasteiger partial charge >= 0.3 is 0 Å². The maximum Gasteiger partial charge on any atom is 0.258 e. The number of nitrogens with one attached hydrogen (secondary N) is 3. The average Bonchev–Trinajstić information content (AvgIpc) is 3.26. The van der Waals surface area contributed by atoms with Crippen LogP contribution in [0.4, 0.5) is 0 Å². The second-order valence-electron chi connectivity index (χ2n) is 6.90. The van der Waals surface area contributed by atoms with Gasteiger partial charge in [0.1, 0.15) is 6.04 Å². The van der Waals surface area contributed by atoms with Crippen molar-refractivity contribution in [1.82, 2.24) is 16.3 Å². The largest absolute Gasteiger partial charge is 0.271 e. The van der Waals surface area contributed by atoms with Crippen LogP contribution in [0, 0.1) is 0 Å². The number of hydrazine groups is 1. The van der Waals surface area contributed by atoms with Crippen molar-refractivity contribution in [3.63, 3.8) is 0 Å². The molecule has 0 saturated carbocycles. The lowest BCUT2D eigenvalue weighted by molar-refractivity contribution is -0.122. The molecule has 0 aliphatic carbocycles. The van der Waals surface area contributed by atoms with Crippen LogP contribution < -0.4 is 16.3 Å². The molecule has 6 heteroatoms. The molecule has 3 aromatic carbocycles. The van der Waals surface area contributed by atoms with Crippen LogP contribution in [0.15, 0.2) is 84.0 Å². The lowest BCUT2D eigenvalue weighted by Crippen LogP contribution is -2.41. The van der Waals surface area contributed by atoms with Crippen molar-refractivity contribution in [2.45, 2.75) is 18.5 Å². The molecule has 1 heterocycles. The number of carbonyl (C=O) groups excluding carboxylic acids is 1. The highest BCUT2D eigenvalue weighted by molar-refractivity contribution is 6.30. The molecule has 2 unspecified atom stereocenters. The van der Waals surface area contributed by atoms with Gasteiger partial charge in [0.2, 0.25) is 0 Å². The van der Waals surface area contributed by atoms with E-state index < -0.39 is 0 Å². The Bertz CT molecular complexity index is 988. The van der Waals surface area contributed by atoms with Crippen molar-refractivity contribution >= 4 is 23.7 Å². The molecular weight excluding hydrogens is 384 g/mol. The lowest BCUT2D eigenvalue weighted by atomic mass is 9.98. The van der Waals surface area contributed by atoms with Crippen molar-refractivity contribution in [2.24, 2.45) is 5.10 Å². The number of hydrazone groups is 1. The van der Waals surface area contributed by atoms with Crippen LogP contribution in [0.3, 0.4) is 0 Å². The maximum atomic E-state index is 12.4. The molecule has 1 aliphatic heterocycles. The summed E-state index contributed by atoms with van der Waals surface area (Å²) in [6.07, 6.45) is 2.24. The zero-order chi connectivity index (χ0) is 20.1. The Balaban J connectivity index is 1.32. The summed E-state index contributed by atoms with van der Waals surface area (Å²) >= 11 is 5.86. The molecule has 5 nitrogen and oxygen atoms in total. The van der Waals surface area contributed by atoms with E-state index >= 15 is 0 Å². The van der Waals surface area contributed by atoms with Crippen molar-refractivity contribution in [3.8, 4) is 11.1 Å². The first kappa shape index (κ1) is 19.3. The summed E-state index contributed by atoms with van der Waals surface area (Å²) in [5.41, 5.74) is 13.2. The Morgan fingerprint density at radius 3 is 2.34 bits per heavy atom. The third-order valence-corrected chi connectivity index (χ3v) is 5.15. The average molecular weight is 405 g/mol. The smallest absolute Gasteiger partial charge is 0.258 e. The van der Waals surface area contributed by atoms with Crippen molar-refractivity contribution in [2.75, 3.05) is 0 Å². The van der Waals surface area contributed by atoms with E-state index in [-0.39, 0.29) is 18.0 Å². The van der Waals surface area contributed by atoms with Crippen LogP contribution >= 0.6 is 11.6 Å². The van der Waals surface area contributed by atoms with Gasteiger partial charge in [-0.2, -0.15) is 5.10 Å². The van der Waals surface area contributed by atoms with Crippen LogP contribution in [0.1, 0.15) is 23.6 Å². The Morgan fingerprint density at radius 2 is 1.62 bits per heavy atom. The van der Waals surface area contributed by atoms with Crippen molar-refractivity contribution in [3.05, 3.63) is 95.0 Å². The fourth-order valence-corrected chi connectivity index (χ4v) is 3.41. The van der Waals surface area contributed by atoms with E-state index in [4.69, 9.17) is 11.6 Å². The van der Waals surface area contributed by atoms with Crippen LogP contribution in [0.5, 0.6) is 0 Å². The molecule has 0 spiro atoms. The first-order valence-electron chi connectivity index (χ1n) is 9.44. The van der Waals surface area contributed by atoms with Gasteiger partial charge in [-0.3, -0.25) is 4.79 Å². The minimum absolute atomic E-state index is 0.0656. The lowest BCUT2D eigenvalue weighted by Gasteiger charge is -2.10. The number of halogens is 1. The molecular formula is C23H21ClN4O. The highest BCUT2D eigenvalue weighted by Gasteiger charge is 2.29. The third-order valence-electron chi connectivity index (χ3n) is 4.90. The number of benzene rings is 3. The van der Waals surface area contributed by atoms with Crippen LogP contribution in [0.2, 0.25) is 5.02 Å². The molecule has 1 saturated heterocycles. The number of amides is 1. The second-order valence-corrected chi connectivity index (χ2v) is 7.34. The van der Waals surface area contributed by atoms with Gasteiger partial charge in [0.25, 0.3) is 5.91 Å². The number of rotatable bonds is 5. The summed E-state index contributed by atoms with van der Waals surface area (Å²) in [7, 11) is 0. The maximum absolute atomic E-state index is 12.4. The molecule has 0 aromatic heterocycles. The van der Waals surface area contributed by atoms with Gasteiger partial charge in [0, 0.05) is 11.1 Å². The number of hydrogen-bond acceptors (Lipinski definition) is 4. The zero-order valence-electron chi connectivity index (χ0n) is 15.7. The van der Waals surface area contributed by atoms with Crippen molar-refractivity contribution < 1.29 is 4.79 Å². The molecule has 2 atom stereocenters. The van der Waals surface area contributed by atoms with Gasteiger partial charge in [-0.05, 0) is 40.8 Å². The fraction of sp³-hybridized carbons (Fsp3) is 0.130. The van der Waals surface area contributed by atoms with Gasteiger partial charge in [-0.25, -0.2) is 16.3 Å². The van der Waals surface area contributed by atoms with Crippen LogP contribution in [0.25, 0.3) is 11.1 Å². The first-order valence-corrected chi connectivity index (χ1v) is 9.82. The highest BCUT2D eigenvalue weighted by Crippen LogP contribution is 2.25. The topological polar surface area (TPSA) is 65.5 Å². The Hall–Kier alpha value is -2.99. The summed E-state index contributed by atoms with van der Waals surface area (Å²) in [5.74, 6) is -0.175. The standard InChI is InChI=1S/C23H21ClN4O/c24-20-12-6-16(7-13-20)15-25-28-23(29)22-14-21(26-27-22)19-10-8-18(9-11-19)17-4-2-1-3-5-17/h1-13,15,21-22,26-27H,14H2,(H,28,29)/b25-15+. The summed E-state index contributed by atoms with van der Waals surface area (Å²) in [5, 5.41) is 4.69. The third kappa shape index (κ3) is 4.90. The Morgan fingerprint density at radius 1 is 0.931 bits per heavy atom. The summed E-state index contributed by atoms with van der Waals surface area (Å²) in [4.78, 5) is 12.4. The highest BCUT2D eigenvalue weighted by atomic mass is 35.5. The minimum Gasteiger partial charge on any atom is -0.271 e. The van der Waals surface area contributed by atoms with Gasteiger partial charge in [0.05, 0.1) is 6.21 Å². The van der Waals surface area contributed by atoms with Gasteiger partial charge in [-0.1, -0.05) is 78.3 Å². The molecule has 1 fully saturated rings. The molecule has 3 aromatic rings.